The molecule has 3 heteroatoms. The van der Waals surface area contributed by atoms with Crippen LogP contribution in [0.3, 0.4) is 0 Å². The molecule has 15 heavy (non-hydrogen) atoms. The van der Waals surface area contributed by atoms with Crippen molar-refractivity contribution in [3.8, 4) is 0 Å². The molecule has 2 fully saturated rings. The maximum atomic E-state index is 12.1. The molecular formula is C12H22N2O. The standard InChI is InChI=1S/C12H22N2O/c1-9-4-6-14(7-5-9)12(15)10-2-3-11(13)8-10/h9-11H,2-8,13H2,1H3. The van der Waals surface area contributed by atoms with Gasteiger partial charge in [-0.1, -0.05) is 6.92 Å². The van der Waals surface area contributed by atoms with Gasteiger partial charge in [0.15, 0.2) is 0 Å². The molecule has 0 spiro atoms. The molecule has 86 valence electrons. The van der Waals surface area contributed by atoms with E-state index in [0.29, 0.717) is 5.91 Å². The van der Waals surface area contributed by atoms with Crippen molar-refractivity contribution in [1.82, 2.24) is 4.90 Å². The second-order valence-electron chi connectivity index (χ2n) is 5.28. The molecule has 1 saturated carbocycles. The first-order valence-electron chi connectivity index (χ1n) is 6.21. The van der Waals surface area contributed by atoms with E-state index in [1.807, 2.05) is 0 Å². The van der Waals surface area contributed by atoms with E-state index in [2.05, 4.69) is 11.8 Å². The normalized spacial score (nSPS) is 33.3. The Morgan fingerprint density at radius 3 is 2.40 bits per heavy atom. The molecule has 1 aliphatic heterocycles. The summed E-state index contributed by atoms with van der Waals surface area (Å²) in [6, 6.07) is 0.266. The van der Waals surface area contributed by atoms with Gasteiger partial charge in [0.25, 0.3) is 0 Å². The molecule has 0 bridgehead atoms. The van der Waals surface area contributed by atoms with Gasteiger partial charge in [-0.25, -0.2) is 0 Å². The minimum atomic E-state index is 0.230. The molecule has 2 N–H and O–H groups in total. The van der Waals surface area contributed by atoms with Crippen LogP contribution in [0.25, 0.3) is 0 Å². The van der Waals surface area contributed by atoms with Crippen LogP contribution < -0.4 is 5.73 Å². The lowest BCUT2D eigenvalue weighted by molar-refractivity contribution is -0.136. The molecule has 1 amide bonds. The average Bonchev–Trinajstić information content (AvgIpc) is 2.65. The number of piperidine rings is 1. The SMILES string of the molecule is CC1CCN(C(=O)C2CCC(N)C2)CC1. The first-order valence-corrected chi connectivity index (χ1v) is 6.21. The molecular weight excluding hydrogens is 188 g/mol. The topological polar surface area (TPSA) is 46.3 Å². The highest BCUT2D eigenvalue weighted by Crippen LogP contribution is 2.27. The van der Waals surface area contributed by atoms with Gasteiger partial charge in [0, 0.05) is 25.0 Å². The van der Waals surface area contributed by atoms with Crippen molar-refractivity contribution in [2.45, 2.75) is 45.1 Å². The predicted molar refractivity (Wildman–Crippen MR) is 60.3 cm³/mol. The maximum absolute atomic E-state index is 12.1. The van der Waals surface area contributed by atoms with Crippen molar-refractivity contribution < 1.29 is 4.79 Å². The molecule has 1 aliphatic carbocycles. The first kappa shape index (κ1) is 10.9. The van der Waals surface area contributed by atoms with Crippen molar-refractivity contribution in [3.05, 3.63) is 0 Å². The fraction of sp³-hybridized carbons (Fsp3) is 0.917. The smallest absolute Gasteiger partial charge is 0.225 e. The highest BCUT2D eigenvalue weighted by molar-refractivity contribution is 5.79. The Morgan fingerprint density at radius 1 is 1.20 bits per heavy atom. The molecule has 2 rings (SSSR count). The van der Waals surface area contributed by atoms with Crippen LogP contribution in [0.5, 0.6) is 0 Å². The van der Waals surface area contributed by atoms with Crippen LogP contribution in [0.1, 0.15) is 39.0 Å². The van der Waals surface area contributed by atoms with Crippen LogP contribution in [0.15, 0.2) is 0 Å². The second-order valence-corrected chi connectivity index (χ2v) is 5.28. The van der Waals surface area contributed by atoms with Crippen molar-refractivity contribution in [1.29, 1.82) is 0 Å². The molecule has 2 unspecified atom stereocenters. The minimum Gasteiger partial charge on any atom is -0.342 e. The van der Waals surface area contributed by atoms with E-state index in [1.165, 1.54) is 12.8 Å². The number of carbonyl (C=O) groups is 1. The zero-order valence-corrected chi connectivity index (χ0v) is 9.61. The Labute approximate surface area is 92.0 Å². The largest absolute Gasteiger partial charge is 0.342 e. The van der Waals surface area contributed by atoms with E-state index in [4.69, 9.17) is 5.73 Å². The fourth-order valence-electron chi connectivity index (χ4n) is 2.73. The number of amides is 1. The Bertz CT molecular complexity index is 234. The second kappa shape index (κ2) is 4.52. The van der Waals surface area contributed by atoms with Crippen molar-refractivity contribution in [2.24, 2.45) is 17.6 Å². The Balaban J connectivity index is 1.85. The van der Waals surface area contributed by atoms with E-state index >= 15 is 0 Å². The van der Waals surface area contributed by atoms with Crippen LogP contribution in [0.2, 0.25) is 0 Å². The average molecular weight is 210 g/mol. The maximum Gasteiger partial charge on any atom is 0.225 e. The monoisotopic (exact) mass is 210 g/mol. The van der Waals surface area contributed by atoms with Crippen LogP contribution in [0.4, 0.5) is 0 Å². The molecule has 0 aromatic carbocycles. The van der Waals surface area contributed by atoms with Gasteiger partial charge in [0.1, 0.15) is 0 Å². The molecule has 2 atom stereocenters. The number of hydrogen-bond acceptors (Lipinski definition) is 2. The summed E-state index contributed by atoms with van der Waals surface area (Å²) >= 11 is 0. The summed E-state index contributed by atoms with van der Waals surface area (Å²) in [7, 11) is 0. The quantitative estimate of drug-likeness (QED) is 0.710. The summed E-state index contributed by atoms with van der Waals surface area (Å²) in [6.07, 6.45) is 5.28. The molecule has 0 radical (unpaired) electrons. The van der Waals surface area contributed by atoms with E-state index in [9.17, 15) is 4.79 Å². The van der Waals surface area contributed by atoms with E-state index < -0.39 is 0 Å². The number of nitrogens with two attached hydrogens (primary N) is 1. The van der Waals surface area contributed by atoms with Gasteiger partial charge >= 0.3 is 0 Å². The lowest BCUT2D eigenvalue weighted by Gasteiger charge is -2.32. The molecule has 1 saturated heterocycles. The first-order chi connectivity index (χ1) is 7.16. The van der Waals surface area contributed by atoms with Gasteiger partial charge in [0.05, 0.1) is 0 Å². The summed E-state index contributed by atoms with van der Waals surface area (Å²) in [5.41, 5.74) is 5.84. The van der Waals surface area contributed by atoms with Gasteiger partial charge in [-0.15, -0.1) is 0 Å². The number of nitrogens with zero attached hydrogens (tertiary/aromatic N) is 1. The lowest BCUT2D eigenvalue weighted by Crippen LogP contribution is -2.41. The summed E-state index contributed by atoms with van der Waals surface area (Å²) < 4.78 is 0. The van der Waals surface area contributed by atoms with Crippen LogP contribution in [-0.2, 0) is 4.79 Å². The van der Waals surface area contributed by atoms with Gasteiger partial charge in [-0.3, -0.25) is 4.79 Å². The fourth-order valence-corrected chi connectivity index (χ4v) is 2.73. The third-order valence-electron chi connectivity index (χ3n) is 3.92. The van der Waals surface area contributed by atoms with Crippen LogP contribution in [-0.4, -0.2) is 29.9 Å². The van der Waals surface area contributed by atoms with Gasteiger partial charge < -0.3 is 10.6 Å². The Kier molecular flexibility index (Phi) is 3.29. The number of hydrogen-bond donors (Lipinski definition) is 1. The Morgan fingerprint density at radius 2 is 1.87 bits per heavy atom. The third-order valence-corrected chi connectivity index (χ3v) is 3.92. The van der Waals surface area contributed by atoms with Crippen LogP contribution >= 0.6 is 0 Å². The molecule has 0 aromatic rings. The Hall–Kier alpha value is -0.570. The third kappa shape index (κ3) is 2.51. The highest BCUT2D eigenvalue weighted by atomic mass is 16.2. The number of carbonyl (C=O) groups excluding carboxylic acids is 1. The van der Waals surface area contributed by atoms with Gasteiger partial charge in [0.2, 0.25) is 5.91 Å². The zero-order chi connectivity index (χ0) is 10.8. The highest BCUT2D eigenvalue weighted by Gasteiger charge is 2.32. The van der Waals surface area contributed by atoms with Gasteiger partial charge in [-0.05, 0) is 38.0 Å². The number of rotatable bonds is 1. The predicted octanol–water partition coefficient (Wildman–Crippen LogP) is 1.37. The summed E-state index contributed by atoms with van der Waals surface area (Å²) in [6.45, 7) is 4.20. The molecule has 1 heterocycles. The van der Waals surface area contributed by atoms with Crippen LogP contribution in [0, 0.1) is 11.8 Å². The number of likely N-dealkylation sites (tertiary alicyclic amines) is 1. The van der Waals surface area contributed by atoms with Crippen molar-refractivity contribution in [2.75, 3.05) is 13.1 Å². The van der Waals surface area contributed by atoms with Gasteiger partial charge in [-0.2, -0.15) is 0 Å². The molecule has 0 aromatic heterocycles. The summed E-state index contributed by atoms with van der Waals surface area (Å²) in [4.78, 5) is 14.2. The molecule has 3 nitrogen and oxygen atoms in total. The van der Waals surface area contributed by atoms with Crippen molar-refractivity contribution >= 4 is 5.91 Å². The molecule has 2 aliphatic rings. The minimum absolute atomic E-state index is 0.230. The summed E-state index contributed by atoms with van der Waals surface area (Å²) in [5, 5.41) is 0. The lowest BCUT2D eigenvalue weighted by atomic mass is 9.97. The van der Waals surface area contributed by atoms with E-state index in [1.54, 1.807) is 0 Å². The van der Waals surface area contributed by atoms with E-state index in [-0.39, 0.29) is 12.0 Å². The van der Waals surface area contributed by atoms with Crippen molar-refractivity contribution in [3.63, 3.8) is 0 Å². The zero-order valence-electron chi connectivity index (χ0n) is 9.61. The van der Waals surface area contributed by atoms with E-state index in [0.717, 1.165) is 38.3 Å². The summed E-state index contributed by atoms with van der Waals surface area (Å²) in [5.74, 6) is 1.39.